The van der Waals surface area contributed by atoms with Gasteiger partial charge >= 0.3 is 0 Å². The number of hydrogen-bond donors (Lipinski definition) is 1. The molecule has 0 aliphatic rings. The van der Waals surface area contributed by atoms with Crippen LogP contribution in [-0.2, 0) is 9.47 Å². The zero-order valence-corrected chi connectivity index (χ0v) is 11.1. The van der Waals surface area contributed by atoms with Crippen molar-refractivity contribution in [3.05, 3.63) is 66.2 Å². The molecule has 2 aromatic carbocycles. The molecular formula is C16H19NO2. The SMILES string of the molecule is COCOCC(Nc1ccccc1)c1ccccc1. The summed E-state index contributed by atoms with van der Waals surface area (Å²) in [5.74, 6) is 0. The van der Waals surface area contributed by atoms with Crippen LogP contribution in [0.1, 0.15) is 11.6 Å². The molecule has 19 heavy (non-hydrogen) atoms. The van der Waals surface area contributed by atoms with Crippen molar-refractivity contribution in [1.82, 2.24) is 0 Å². The molecule has 0 aromatic heterocycles. The topological polar surface area (TPSA) is 30.5 Å². The lowest BCUT2D eigenvalue weighted by molar-refractivity contribution is -0.0337. The predicted octanol–water partition coefficient (Wildman–Crippen LogP) is 3.46. The van der Waals surface area contributed by atoms with Crippen LogP contribution in [0.5, 0.6) is 0 Å². The average Bonchev–Trinajstić information content (AvgIpc) is 2.48. The van der Waals surface area contributed by atoms with Crippen LogP contribution in [0.3, 0.4) is 0 Å². The molecule has 0 radical (unpaired) electrons. The van der Waals surface area contributed by atoms with E-state index < -0.39 is 0 Å². The van der Waals surface area contributed by atoms with Crippen LogP contribution >= 0.6 is 0 Å². The lowest BCUT2D eigenvalue weighted by Gasteiger charge is -2.20. The summed E-state index contributed by atoms with van der Waals surface area (Å²) in [4.78, 5) is 0. The molecule has 2 aromatic rings. The first-order chi connectivity index (χ1) is 9.40. The van der Waals surface area contributed by atoms with Crippen LogP contribution < -0.4 is 5.32 Å². The maximum atomic E-state index is 5.49. The standard InChI is InChI=1S/C16H19NO2/c1-18-13-19-12-16(14-8-4-2-5-9-14)17-15-10-6-3-7-11-15/h2-11,16-17H,12-13H2,1H3. The third-order valence-corrected chi connectivity index (χ3v) is 2.80. The van der Waals surface area contributed by atoms with Crippen LogP contribution in [-0.4, -0.2) is 20.5 Å². The molecule has 3 nitrogen and oxygen atoms in total. The highest BCUT2D eigenvalue weighted by Gasteiger charge is 2.11. The van der Waals surface area contributed by atoms with Gasteiger partial charge in [-0.05, 0) is 17.7 Å². The fourth-order valence-electron chi connectivity index (χ4n) is 1.89. The Kier molecular flexibility index (Phi) is 5.41. The first-order valence-electron chi connectivity index (χ1n) is 6.33. The predicted molar refractivity (Wildman–Crippen MR) is 77.1 cm³/mol. The fraction of sp³-hybridized carbons (Fsp3) is 0.250. The van der Waals surface area contributed by atoms with Crippen molar-refractivity contribution < 1.29 is 9.47 Å². The summed E-state index contributed by atoms with van der Waals surface area (Å²) in [7, 11) is 1.63. The summed E-state index contributed by atoms with van der Waals surface area (Å²) in [6.45, 7) is 0.868. The van der Waals surface area contributed by atoms with Crippen LogP contribution in [0, 0.1) is 0 Å². The molecule has 3 heteroatoms. The Balaban J connectivity index is 2.06. The van der Waals surface area contributed by atoms with Crippen LogP contribution in [0.2, 0.25) is 0 Å². The number of hydrogen-bond acceptors (Lipinski definition) is 3. The van der Waals surface area contributed by atoms with E-state index in [1.165, 1.54) is 5.56 Å². The molecule has 1 N–H and O–H groups in total. The van der Waals surface area contributed by atoms with Gasteiger partial charge in [0, 0.05) is 12.8 Å². The van der Waals surface area contributed by atoms with Gasteiger partial charge in [0.05, 0.1) is 12.6 Å². The molecule has 0 bridgehead atoms. The minimum Gasteiger partial charge on any atom is -0.376 e. The van der Waals surface area contributed by atoms with E-state index in [0.29, 0.717) is 13.4 Å². The van der Waals surface area contributed by atoms with Gasteiger partial charge in [-0.25, -0.2) is 0 Å². The summed E-state index contributed by atoms with van der Waals surface area (Å²) in [5.41, 5.74) is 2.28. The van der Waals surface area contributed by atoms with Crippen molar-refractivity contribution in [3.63, 3.8) is 0 Å². The van der Waals surface area contributed by atoms with E-state index in [4.69, 9.17) is 9.47 Å². The van der Waals surface area contributed by atoms with E-state index in [1.54, 1.807) is 7.11 Å². The highest BCUT2D eigenvalue weighted by molar-refractivity contribution is 5.45. The highest BCUT2D eigenvalue weighted by Crippen LogP contribution is 2.19. The molecule has 0 aliphatic heterocycles. The van der Waals surface area contributed by atoms with Crippen molar-refractivity contribution in [3.8, 4) is 0 Å². The second-order valence-corrected chi connectivity index (χ2v) is 4.25. The van der Waals surface area contributed by atoms with E-state index in [-0.39, 0.29) is 6.04 Å². The number of benzene rings is 2. The molecule has 0 aliphatic carbocycles. The van der Waals surface area contributed by atoms with Crippen molar-refractivity contribution in [1.29, 1.82) is 0 Å². The maximum Gasteiger partial charge on any atom is 0.146 e. The Labute approximate surface area is 114 Å². The number of rotatable bonds is 7. The molecule has 1 unspecified atom stereocenters. The van der Waals surface area contributed by atoms with Crippen LogP contribution in [0.25, 0.3) is 0 Å². The summed E-state index contributed by atoms with van der Waals surface area (Å²) in [5, 5.41) is 3.47. The normalized spacial score (nSPS) is 12.1. The smallest absolute Gasteiger partial charge is 0.146 e. The van der Waals surface area contributed by atoms with Crippen molar-refractivity contribution >= 4 is 5.69 Å². The van der Waals surface area contributed by atoms with Gasteiger partial charge in [0.25, 0.3) is 0 Å². The number of ether oxygens (including phenoxy) is 2. The lowest BCUT2D eigenvalue weighted by Crippen LogP contribution is -2.17. The third kappa shape index (κ3) is 4.39. The summed E-state index contributed by atoms with van der Waals surface area (Å²) in [6, 6.07) is 20.5. The van der Waals surface area contributed by atoms with Crippen LogP contribution in [0.4, 0.5) is 5.69 Å². The molecule has 0 heterocycles. The molecule has 0 fully saturated rings. The zero-order valence-electron chi connectivity index (χ0n) is 11.1. The minimum absolute atomic E-state index is 0.110. The minimum atomic E-state index is 0.110. The zero-order chi connectivity index (χ0) is 13.3. The van der Waals surface area contributed by atoms with E-state index in [1.807, 2.05) is 48.5 Å². The van der Waals surface area contributed by atoms with Crippen molar-refractivity contribution in [2.75, 3.05) is 25.8 Å². The van der Waals surface area contributed by atoms with Crippen molar-refractivity contribution in [2.24, 2.45) is 0 Å². The molecule has 100 valence electrons. The largest absolute Gasteiger partial charge is 0.376 e. The van der Waals surface area contributed by atoms with Gasteiger partial charge in [-0.1, -0.05) is 48.5 Å². The first-order valence-corrected chi connectivity index (χ1v) is 6.33. The lowest BCUT2D eigenvalue weighted by atomic mass is 10.1. The summed E-state index contributed by atoms with van der Waals surface area (Å²) < 4.78 is 10.4. The average molecular weight is 257 g/mol. The van der Waals surface area contributed by atoms with E-state index in [9.17, 15) is 0 Å². The van der Waals surface area contributed by atoms with Crippen molar-refractivity contribution in [2.45, 2.75) is 6.04 Å². The van der Waals surface area contributed by atoms with Crippen LogP contribution in [0.15, 0.2) is 60.7 Å². The number of para-hydroxylation sites is 1. The first kappa shape index (κ1) is 13.6. The summed E-state index contributed by atoms with van der Waals surface area (Å²) in [6.07, 6.45) is 0. The number of nitrogens with one attached hydrogen (secondary N) is 1. The van der Waals surface area contributed by atoms with Gasteiger partial charge in [0.1, 0.15) is 6.79 Å². The van der Waals surface area contributed by atoms with E-state index >= 15 is 0 Å². The Morgan fingerprint density at radius 1 is 0.947 bits per heavy atom. The van der Waals surface area contributed by atoms with Gasteiger partial charge in [0.2, 0.25) is 0 Å². The molecule has 1 atom stereocenters. The fourth-order valence-corrected chi connectivity index (χ4v) is 1.89. The Morgan fingerprint density at radius 2 is 1.58 bits per heavy atom. The quantitative estimate of drug-likeness (QED) is 0.608. The maximum absolute atomic E-state index is 5.49. The number of methoxy groups -OCH3 is 1. The number of anilines is 1. The molecule has 2 rings (SSSR count). The van der Waals surface area contributed by atoms with E-state index in [0.717, 1.165) is 5.69 Å². The monoisotopic (exact) mass is 257 g/mol. The molecule has 0 amide bonds. The molecule has 0 spiro atoms. The molecule has 0 saturated heterocycles. The third-order valence-electron chi connectivity index (χ3n) is 2.80. The second-order valence-electron chi connectivity index (χ2n) is 4.25. The second kappa shape index (κ2) is 7.56. The van der Waals surface area contributed by atoms with Gasteiger partial charge < -0.3 is 14.8 Å². The Hall–Kier alpha value is -1.84. The van der Waals surface area contributed by atoms with Gasteiger partial charge in [-0.15, -0.1) is 0 Å². The Bertz CT molecular complexity index is 459. The van der Waals surface area contributed by atoms with E-state index in [2.05, 4.69) is 17.4 Å². The van der Waals surface area contributed by atoms with Gasteiger partial charge in [0.15, 0.2) is 0 Å². The van der Waals surface area contributed by atoms with Gasteiger partial charge in [-0.3, -0.25) is 0 Å². The molecule has 0 saturated carbocycles. The Morgan fingerprint density at radius 3 is 2.21 bits per heavy atom. The summed E-state index contributed by atoms with van der Waals surface area (Å²) >= 11 is 0. The molecular weight excluding hydrogens is 238 g/mol. The van der Waals surface area contributed by atoms with Gasteiger partial charge in [-0.2, -0.15) is 0 Å². The highest BCUT2D eigenvalue weighted by atomic mass is 16.7.